The fraction of sp³-hybridized carbons (Fsp3) is 0.250. The number of likely N-dealkylation sites (N-methyl/N-ethyl adjacent to an activating group) is 1. The van der Waals surface area contributed by atoms with Gasteiger partial charge < -0.3 is 15.4 Å². The number of ether oxygens (including phenoxy) is 1. The van der Waals surface area contributed by atoms with Crippen LogP contribution in [0.15, 0.2) is 18.2 Å². The molecule has 8 heteroatoms. The molecule has 2 amide bonds. The van der Waals surface area contributed by atoms with Crippen molar-refractivity contribution in [3.05, 3.63) is 35.4 Å². The normalized spacial score (nSPS) is 9.75. The van der Waals surface area contributed by atoms with Crippen LogP contribution in [0.2, 0.25) is 0 Å². The van der Waals surface area contributed by atoms with Crippen molar-refractivity contribution in [2.75, 3.05) is 20.2 Å². The summed E-state index contributed by atoms with van der Waals surface area (Å²) in [6.07, 6.45) is 0. The van der Waals surface area contributed by atoms with Gasteiger partial charge in [0.2, 0.25) is 5.91 Å². The molecule has 0 radical (unpaired) electrons. The number of hydrogen-bond acceptors (Lipinski definition) is 4. The third-order valence-corrected chi connectivity index (χ3v) is 2.21. The van der Waals surface area contributed by atoms with Gasteiger partial charge in [-0.1, -0.05) is 0 Å². The Morgan fingerprint density at radius 1 is 1.15 bits per heavy atom. The van der Waals surface area contributed by atoms with Gasteiger partial charge in [-0.3, -0.25) is 9.59 Å². The number of carbonyl (C=O) groups excluding carboxylic acids is 3. The Bertz CT molecular complexity index is 534. The van der Waals surface area contributed by atoms with Crippen molar-refractivity contribution in [1.29, 1.82) is 0 Å². The highest BCUT2D eigenvalue weighted by Gasteiger charge is 2.13. The molecule has 0 aliphatic rings. The summed E-state index contributed by atoms with van der Waals surface area (Å²) in [4.78, 5) is 33.5. The van der Waals surface area contributed by atoms with Gasteiger partial charge in [-0.15, -0.1) is 0 Å². The molecular formula is C12H12F2N2O4. The van der Waals surface area contributed by atoms with Gasteiger partial charge in [0.25, 0.3) is 5.91 Å². The van der Waals surface area contributed by atoms with E-state index in [0.29, 0.717) is 6.07 Å². The fourth-order valence-electron chi connectivity index (χ4n) is 1.16. The molecule has 0 heterocycles. The Morgan fingerprint density at radius 3 is 2.45 bits per heavy atom. The molecule has 6 nitrogen and oxygen atoms in total. The molecule has 0 fully saturated rings. The topological polar surface area (TPSA) is 84.5 Å². The first-order valence-corrected chi connectivity index (χ1v) is 5.53. The van der Waals surface area contributed by atoms with Gasteiger partial charge in [-0.2, -0.15) is 0 Å². The molecule has 108 valence electrons. The smallest absolute Gasteiger partial charge is 0.338 e. The quantitative estimate of drug-likeness (QED) is 0.745. The van der Waals surface area contributed by atoms with Crippen LogP contribution < -0.4 is 10.6 Å². The molecule has 20 heavy (non-hydrogen) atoms. The van der Waals surface area contributed by atoms with Gasteiger partial charge in [-0.05, 0) is 18.2 Å². The van der Waals surface area contributed by atoms with E-state index >= 15 is 0 Å². The number of esters is 1. The van der Waals surface area contributed by atoms with Crippen LogP contribution in [0, 0.1) is 11.6 Å². The van der Waals surface area contributed by atoms with E-state index < -0.39 is 36.0 Å². The Kier molecular flexibility index (Phi) is 5.57. The predicted molar refractivity (Wildman–Crippen MR) is 63.7 cm³/mol. The summed E-state index contributed by atoms with van der Waals surface area (Å²) in [5, 5.41) is 4.48. The third-order valence-electron chi connectivity index (χ3n) is 2.21. The molecule has 0 bridgehead atoms. The van der Waals surface area contributed by atoms with Gasteiger partial charge in [0.15, 0.2) is 18.2 Å². The van der Waals surface area contributed by atoms with E-state index in [0.717, 1.165) is 12.1 Å². The molecule has 1 aromatic carbocycles. The van der Waals surface area contributed by atoms with Gasteiger partial charge in [0, 0.05) is 7.05 Å². The highest BCUT2D eigenvalue weighted by molar-refractivity contribution is 5.92. The first-order chi connectivity index (χ1) is 9.43. The van der Waals surface area contributed by atoms with Crippen LogP contribution in [0.1, 0.15) is 10.4 Å². The molecule has 1 aromatic rings. The highest BCUT2D eigenvalue weighted by Crippen LogP contribution is 2.09. The van der Waals surface area contributed by atoms with Gasteiger partial charge >= 0.3 is 5.97 Å². The van der Waals surface area contributed by atoms with Gasteiger partial charge in [0.05, 0.1) is 12.1 Å². The molecule has 2 N–H and O–H groups in total. The maximum Gasteiger partial charge on any atom is 0.338 e. The Balaban J connectivity index is 2.44. The zero-order valence-corrected chi connectivity index (χ0v) is 10.5. The Labute approximate surface area is 113 Å². The summed E-state index contributed by atoms with van der Waals surface area (Å²) >= 11 is 0. The average Bonchev–Trinajstić information content (AvgIpc) is 2.44. The van der Waals surface area contributed by atoms with E-state index in [1.165, 1.54) is 7.05 Å². The number of carbonyl (C=O) groups is 3. The van der Waals surface area contributed by atoms with Crippen LogP contribution in [0.25, 0.3) is 0 Å². The lowest BCUT2D eigenvalue weighted by Crippen LogP contribution is -2.37. The molecule has 0 saturated heterocycles. The van der Waals surface area contributed by atoms with E-state index in [9.17, 15) is 23.2 Å². The van der Waals surface area contributed by atoms with Crippen LogP contribution in [0.5, 0.6) is 0 Å². The minimum atomic E-state index is -1.19. The minimum absolute atomic E-state index is 0.219. The van der Waals surface area contributed by atoms with Gasteiger partial charge in [-0.25, -0.2) is 13.6 Å². The highest BCUT2D eigenvalue weighted by atomic mass is 19.2. The standard InChI is InChI=1S/C12H12F2N2O4/c1-15-10(17)5-16-11(18)6-20-12(19)7-2-3-8(13)9(14)4-7/h2-4H,5-6H2,1H3,(H,15,17)(H,16,18). The van der Waals surface area contributed by atoms with Crippen molar-refractivity contribution in [1.82, 2.24) is 10.6 Å². The minimum Gasteiger partial charge on any atom is -0.452 e. The lowest BCUT2D eigenvalue weighted by Gasteiger charge is -2.06. The zero-order valence-electron chi connectivity index (χ0n) is 10.5. The first-order valence-electron chi connectivity index (χ1n) is 5.53. The van der Waals surface area contributed by atoms with Crippen LogP contribution in [-0.2, 0) is 14.3 Å². The summed E-state index contributed by atoms with van der Waals surface area (Å²) in [7, 11) is 1.40. The molecular weight excluding hydrogens is 274 g/mol. The van der Waals surface area contributed by atoms with Crippen LogP contribution >= 0.6 is 0 Å². The lowest BCUT2D eigenvalue weighted by atomic mass is 10.2. The number of halogens is 2. The summed E-state index contributed by atoms with van der Waals surface area (Å²) < 4.78 is 30.1. The average molecular weight is 286 g/mol. The number of amides is 2. The maximum absolute atomic E-state index is 12.9. The van der Waals surface area contributed by atoms with E-state index in [-0.39, 0.29) is 12.1 Å². The molecule has 0 aromatic heterocycles. The summed E-state index contributed by atoms with van der Waals surface area (Å²) in [5.41, 5.74) is -0.219. The van der Waals surface area contributed by atoms with Crippen molar-refractivity contribution >= 4 is 17.8 Å². The van der Waals surface area contributed by atoms with Crippen LogP contribution in [0.3, 0.4) is 0 Å². The molecule has 0 aliphatic heterocycles. The fourth-order valence-corrected chi connectivity index (χ4v) is 1.16. The number of rotatable bonds is 5. The SMILES string of the molecule is CNC(=O)CNC(=O)COC(=O)c1ccc(F)c(F)c1. The van der Waals surface area contributed by atoms with Crippen molar-refractivity contribution < 1.29 is 27.9 Å². The van der Waals surface area contributed by atoms with E-state index in [4.69, 9.17) is 0 Å². The van der Waals surface area contributed by atoms with Crippen molar-refractivity contribution in [2.45, 2.75) is 0 Å². The molecule has 0 spiro atoms. The van der Waals surface area contributed by atoms with Crippen molar-refractivity contribution in [2.24, 2.45) is 0 Å². The van der Waals surface area contributed by atoms with E-state index in [2.05, 4.69) is 15.4 Å². The monoisotopic (exact) mass is 286 g/mol. The predicted octanol–water partition coefficient (Wildman–Crippen LogP) is -0.0162. The summed E-state index contributed by atoms with van der Waals surface area (Å²) in [6, 6.07) is 2.47. The van der Waals surface area contributed by atoms with Crippen molar-refractivity contribution in [3.8, 4) is 0 Å². The first kappa shape index (κ1) is 15.5. The molecule has 0 saturated carbocycles. The number of nitrogens with one attached hydrogen (secondary N) is 2. The molecule has 0 atom stereocenters. The third kappa shape index (κ3) is 4.63. The molecule has 1 rings (SSSR count). The Hall–Kier alpha value is -2.51. The second-order valence-electron chi connectivity index (χ2n) is 3.65. The van der Waals surface area contributed by atoms with Gasteiger partial charge in [0.1, 0.15) is 0 Å². The second kappa shape index (κ2) is 7.17. The van der Waals surface area contributed by atoms with E-state index in [1.54, 1.807) is 0 Å². The zero-order chi connectivity index (χ0) is 15.1. The summed E-state index contributed by atoms with van der Waals surface area (Å²) in [6.45, 7) is -0.882. The summed E-state index contributed by atoms with van der Waals surface area (Å²) in [5.74, 6) is -4.36. The number of benzene rings is 1. The lowest BCUT2D eigenvalue weighted by molar-refractivity contribution is -0.127. The maximum atomic E-state index is 12.9. The Morgan fingerprint density at radius 2 is 1.85 bits per heavy atom. The van der Waals surface area contributed by atoms with E-state index in [1.807, 2.05) is 0 Å². The largest absolute Gasteiger partial charge is 0.452 e. The number of hydrogen-bond donors (Lipinski definition) is 2. The van der Waals surface area contributed by atoms with Crippen LogP contribution in [0.4, 0.5) is 8.78 Å². The molecule has 0 aliphatic carbocycles. The van der Waals surface area contributed by atoms with Crippen LogP contribution in [-0.4, -0.2) is 38.0 Å². The van der Waals surface area contributed by atoms with Crippen molar-refractivity contribution in [3.63, 3.8) is 0 Å². The second-order valence-corrected chi connectivity index (χ2v) is 3.65. The molecule has 0 unspecified atom stereocenters.